The third-order valence-corrected chi connectivity index (χ3v) is 5.49. The van der Waals surface area contributed by atoms with Crippen molar-refractivity contribution in [2.24, 2.45) is 23.3 Å². The molecule has 0 aliphatic heterocycles. The highest BCUT2D eigenvalue weighted by Gasteiger charge is 2.33. The maximum atomic E-state index is 13.1. The summed E-state index contributed by atoms with van der Waals surface area (Å²) in [5.41, 5.74) is 11.4. The lowest BCUT2D eigenvalue weighted by molar-refractivity contribution is -0.145. The molecule has 192 valence electrons. The van der Waals surface area contributed by atoms with E-state index in [0.29, 0.717) is 25.8 Å². The van der Waals surface area contributed by atoms with Gasteiger partial charge >= 0.3 is 5.97 Å². The van der Waals surface area contributed by atoms with Crippen molar-refractivity contribution >= 4 is 23.7 Å². The molecule has 0 fully saturated rings. The highest BCUT2D eigenvalue weighted by Crippen LogP contribution is 2.12. The third-order valence-electron chi connectivity index (χ3n) is 5.49. The first kappa shape index (κ1) is 30.8. The molecule has 0 aromatic rings. The van der Waals surface area contributed by atoms with Crippen LogP contribution in [0.3, 0.4) is 0 Å². The summed E-state index contributed by atoms with van der Waals surface area (Å²) in [5, 5.41) is 26.5. The number of nitrogens with one attached hydrogen (secondary N) is 3. The minimum Gasteiger partial charge on any atom is -0.480 e. The van der Waals surface area contributed by atoms with Gasteiger partial charge < -0.3 is 37.6 Å². The number of carbonyl (C=O) groups is 4. The molecule has 0 spiro atoms. The van der Waals surface area contributed by atoms with Crippen LogP contribution >= 0.6 is 0 Å². The van der Waals surface area contributed by atoms with Crippen molar-refractivity contribution < 1.29 is 29.4 Å². The fourth-order valence-corrected chi connectivity index (χ4v) is 3.21. The second-order valence-corrected chi connectivity index (χ2v) is 9.02. The first-order valence-electron chi connectivity index (χ1n) is 11.6. The molecular weight excluding hydrogens is 430 g/mol. The minimum absolute atomic E-state index is 0.00323. The summed E-state index contributed by atoms with van der Waals surface area (Å²) < 4.78 is 0. The number of carboxylic acids is 1. The van der Waals surface area contributed by atoms with E-state index in [2.05, 4.69) is 16.0 Å². The molecule has 9 N–H and O–H groups in total. The van der Waals surface area contributed by atoms with Gasteiger partial charge in [0.05, 0.1) is 12.1 Å². The lowest BCUT2D eigenvalue weighted by Crippen LogP contribution is -2.59. The molecule has 0 aliphatic rings. The Bertz CT molecular complexity index is 643. The number of rotatable bonds is 16. The molecule has 6 unspecified atom stereocenters. The normalized spacial score (nSPS) is 16.8. The Morgan fingerprint density at radius 1 is 0.879 bits per heavy atom. The molecule has 0 aromatic heterocycles. The Hall–Kier alpha value is -2.24. The maximum absolute atomic E-state index is 13.1. The number of unbranched alkanes of at least 4 members (excludes halogenated alkanes) is 1. The van der Waals surface area contributed by atoms with E-state index >= 15 is 0 Å². The Morgan fingerprint density at radius 3 is 1.91 bits per heavy atom. The van der Waals surface area contributed by atoms with Gasteiger partial charge in [-0.1, -0.05) is 40.5 Å². The molecule has 0 heterocycles. The van der Waals surface area contributed by atoms with Crippen molar-refractivity contribution in [2.45, 2.75) is 97.0 Å². The van der Waals surface area contributed by atoms with Gasteiger partial charge in [0, 0.05) is 0 Å². The van der Waals surface area contributed by atoms with Crippen molar-refractivity contribution in [2.75, 3.05) is 6.54 Å². The molecule has 6 atom stereocenters. The monoisotopic (exact) mass is 473 g/mol. The number of amides is 3. The first-order valence-corrected chi connectivity index (χ1v) is 11.6. The van der Waals surface area contributed by atoms with Gasteiger partial charge in [-0.25, -0.2) is 4.79 Å². The minimum atomic E-state index is -1.51. The third kappa shape index (κ3) is 11.4. The zero-order valence-electron chi connectivity index (χ0n) is 20.5. The average Bonchev–Trinajstić information content (AvgIpc) is 2.73. The number of aliphatic carboxylic acids is 1. The Morgan fingerprint density at radius 2 is 1.45 bits per heavy atom. The van der Waals surface area contributed by atoms with E-state index in [1.165, 1.54) is 6.92 Å². The number of hydrogen-bond donors (Lipinski definition) is 7. The lowest BCUT2D eigenvalue weighted by atomic mass is 9.96. The highest BCUT2D eigenvalue weighted by molar-refractivity contribution is 5.94. The van der Waals surface area contributed by atoms with Crippen molar-refractivity contribution in [1.29, 1.82) is 0 Å². The van der Waals surface area contributed by atoms with Crippen LogP contribution in [-0.2, 0) is 19.2 Å². The zero-order chi connectivity index (χ0) is 25.7. The molecule has 0 bridgehead atoms. The Kier molecular flexibility index (Phi) is 14.5. The lowest BCUT2D eigenvalue weighted by Gasteiger charge is -2.28. The Labute approximate surface area is 196 Å². The molecular formula is C22H43N5O6. The SMILES string of the molecule is CCC(C)C(NC(=O)C(N)CCCCN)C(=O)NC(CC(C)C)C(=O)NC(C(=O)O)C(C)O. The highest BCUT2D eigenvalue weighted by atomic mass is 16.4. The number of hydrogen-bond acceptors (Lipinski definition) is 7. The standard InChI is InChI=1S/C22H43N5O6/c1-6-13(4)17(26-19(29)15(24)9-7-8-10-23)21(31)25-16(11-12(2)3)20(30)27-18(14(5)28)22(32)33/h12-18,28H,6-11,23-24H2,1-5H3,(H,25,31)(H,26,29)(H,27,30)(H,32,33). The number of carbonyl (C=O) groups excluding carboxylic acids is 3. The van der Waals surface area contributed by atoms with Gasteiger partial charge in [0.1, 0.15) is 12.1 Å². The van der Waals surface area contributed by atoms with E-state index in [1.54, 1.807) is 6.92 Å². The molecule has 0 rings (SSSR count). The molecule has 11 heteroatoms. The number of aliphatic hydroxyl groups is 1. The van der Waals surface area contributed by atoms with Gasteiger partial charge in [-0.15, -0.1) is 0 Å². The topological polar surface area (TPSA) is 197 Å². The van der Waals surface area contributed by atoms with Crippen LogP contribution in [0.5, 0.6) is 0 Å². The van der Waals surface area contributed by atoms with E-state index in [1.807, 2.05) is 20.8 Å². The van der Waals surface area contributed by atoms with Crippen LogP contribution in [0.25, 0.3) is 0 Å². The predicted molar refractivity (Wildman–Crippen MR) is 125 cm³/mol. The van der Waals surface area contributed by atoms with E-state index in [4.69, 9.17) is 11.5 Å². The quantitative estimate of drug-likeness (QED) is 0.145. The maximum Gasteiger partial charge on any atom is 0.328 e. The van der Waals surface area contributed by atoms with Crippen molar-refractivity contribution in [3.8, 4) is 0 Å². The smallest absolute Gasteiger partial charge is 0.328 e. The first-order chi connectivity index (χ1) is 15.3. The fourth-order valence-electron chi connectivity index (χ4n) is 3.21. The number of nitrogens with two attached hydrogens (primary N) is 2. The van der Waals surface area contributed by atoms with Crippen LogP contribution < -0.4 is 27.4 Å². The van der Waals surface area contributed by atoms with Gasteiger partial charge in [0.2, 0.25) is 17.7 Å². The molecule has 0 radical (unpaired) electrons. The largest absolute Gasteiger partial charge is 0.480 e. The fraction of sp³-hybridized carbons (Fsp3) is 0.818. The Balaban J connectivity index is 5.46. The van der Waals surface area contributed by atoms with E-state index < -0.39 is 54.0 Å². The summed E-state index contributed by atoms with van der Waals surface area (Å²) in [6.07, 6.45) is 1.37. The molecule has 33 heavy (non-hydrogen) atoms. The molecule has 0 saturated carbocycles. The van der Waals surface area contributed by atoms with Crippen LogP contribution in [-0.4, -0.2) is 70.7 Å². The van der Waals surface area contributed by atoms with E-state index in [-0.39, 0.29) is 18.3 Å². The van der Waals surface area contributed by atoms with Crippen molar-refractivity contribution in [1.82, 2.24) is 16.0 Å². The average molecular weight is 474 g/mol. The van der Waals surface area contributed by atoms with Gasteiger partial charge in [-0.2, -0.15) is 0 Å². The van der Waals surface area contributed by atoms with Gasteiger partial charge in [-0.3, -0.25) is 14.4 Å². The van der Waals surface area contributed by atoms with Crippen LogP contribution in [0.4, 0.5) is 0 Å². The van der Waals surface area contributed by atoms with Gasteiger partial charge in [0.15, 0.2) is 6.04 Å². The summed E-state index contributed by atoms with van der Waals surface area (Å²) in [4.78, 5) is 49.7. The van der Waals surface area contributed by atoms with E-state index in [0.717, 1.165) is 6.42 Å². The summed E-state index contributed by atoms with van der Waals surface area (Å²) in [7, 11) is 0. The number of carboxylic acid groups (broad SMARTS) is 1. The summed E-state index contributed by atoms with van der Waals surface area (Å²) >= 11 is 0. The van der Waals surface area contributed by atoms with Crippen molar-refractivity contribution in [3.05, 3.63) is 0 Å². The summed E-state index contributed by atoms with van der Waals surface area (Å²) in [6.45, 7) is 9.13. The summed E-state index contributed by atoms with van der Waals surface area (Å²) in [5.74, 6) is -3.37. The second-order valence-electron chi connectivity index (χ2n) is 9.02. The molecule has 0 aromatic carbocycles. The van der Waals surface area contributed by atoms with Crippen LogP contribution in [0.15, 0.2) is 0 Å². The predicted octanol–water partition coefficient (Wildman–Crippen LogP) is -0.545. The van der Waals surface area contributed by atoms with Crippen LogP contribution in [0, 0.1) is 11.8 Å². The van der Waals surface area contributed by atoms with Crippen LogP contribution in [0.2, 0.25) is 0 Å². The van der Waals surface area contributed by atoms with Crippen molar-refractivity contribution in [3.63, 3.8) is 0 Å². The van der Waals surface area contributed by atoms with Crippen LogP contribution in [0.1, 0.15) is 66.7 Å². The molecule has 0 aliphatic carbocycles. The number of aliphatic hydroxyl groups excluding tert-OH is 1. The second kappa shape index (κ2) is 15.6. The molecule has 11 nitrogen and oxygen atoms in total. The zero-order valence-corrected chi connectivity index (χ0v) is 20.5. The van der Waals surface area contributed by atoms with Gasteiger partial charge in [-0.05, 0) is 44.6 Å². The van der Waals surface area contributed by atoms with E-state index in [9.17, 15) is 29.4 Å². The molecule has 0 saturated heterocycles. The van der Waals surface area contributed by atoms with Gasteiger partial charge in [0.25, 0.3) is 0 Å². The molecule has 3 amide bonds. The summed E-state index contributed by atoms with van der Waals surface area (Å²) in [6, 6.07) is -4.26.